The monoisotopic (exact) mass is 338 g/mol. The third-order valence-electron chi connectivity index (χ3n) is 5.47. The van der Waals surface area contributed by atoms with Gasteiger partial charge >= 0.3 is 0 Å². The molecular formula is C22H28NO2+. The maximum absolute atomic E-state index is 5.84. The van der Waals surface area contributed by atoms with Gasteiger partial charge in [-0.2, -0.15) is 0 Å². The van der Waals surface area contributed by atoms with Crippen molar-refractivity contribution in [2.75, 3.05) is 32.9 Å². The van der Waals surface area contributed by atoms with E-state index in [2.05, 4.69) is 42.5 Å². The molecule has 0 radical (unpaired) electrons. The molecule has 0 aromatic heterocycles. The largest absolute Gasteiger partial charge is 0.491 e. The normalized spacial score (nSPS) is 18.6. The van der Waals surface area contributed by atoms with Crippen molar-refractivity contribution in [1.82, 2.24) is 0 Å². The van der Waals surface area contributed by atoms with Crippen molar-refractivity contribution in [3.05, 3.63) is 64.7 Å². The van der Waals surface area contributed by atoms with Gasteiger partial charge in [0.15, 0.2) is 0 Å². The SMILES string of the molecule is c1ccc2c(c1)CC[NH+](CCOCCOc1ccc3c(c1)CCC3)C2. The summed E-state index contributed by atoms with van der Waals surface area (Å²) in [5.74, 6) is 0.988. The fourth-order valence-corrected chi connectivity index (χ4v) is 4.03. The van der Waals surface area contributed by atoms with Crippen LogP contribution in [0.3, 0.4) is 0 Å². The van der Waals surface area contributed by atoms with Crippen molar-refractivity contribution in [3.8, 4) is 5.75 Å². The van der Waals surface area contributed by atoms with E-state index in [0.717, 1.165) is 25.4 Å². The molecule has 0 bridgehead atoms. The number of hydrogen-bond acceptors (Lipinski definition) is 2. The second kappa shape index (κ2) is 8.03. The van der Waals surface area contributed by atoms with Crippen LogP contribution in [0.1, 0.15) is 28.7 Å². The lowest BCUT2D eigenvalue weighted by Crippen LogP contribution is -3.12. The van der Waals surface area contributed by atoms with Crippen molar-refractivity contribution in [2.24, 2.45) is 0 Å². The minimum absolute atomic E-state index is 0.636. The van der Waals surface area contributed by atoms with E-state index in [9.17, 15) is 0 Å². The Kier molecular flexibility index (Phi) is 5.34. The molecule has 3 nitrogen and oxygen atoms in total. The van der Waals surface area contributed by atoms with E-state index in [1.807, 2.05) is 0 Å². The Bertz CT molecular complexity index is 713. The molecule has 0 amide bonds. The van der Waals surface area contributed by atoms with Crippen LogP contribution in [-0.4, -0.2) is 32.9 Å². The number of fused-ring (bicyclic) bond motifs is 2. The summed E-state index contributed by atoms with van der Waals surface area (Å²) < 4.78 is 11.6. The Morgan fingerprint density at radius 2 is 1.64 bits per heavy atom. The average molecular weight is 338 g/mol. The van der Waals surface area contributed by atoms with E-state index in [-0.39, 0.29) is 0 Å². The van der Waals surface area contributed by atoms with Gasteiger partial charge in [-0.05, 0) is 48.1 Å². The third kappa shape index (κ3) is 4.23. The molecule has 2 aromatic rings. The van der Waals surface area contributed by atoms with E-state index in [1.165, 1.54) is 54.5 Å². The molecule has 0 fully saturated rings. The van der Waals surface area contributed by atoms with Crippen LogP contribution in [0.15, 0.2) is 42.5 Å². The molecule has 1 N–H and O–H groups in total. The van der Waals surface area contributed by atoms with Gasteiger partial charge in [-0.1, -0.05) is 30.3 Å². The van der Waals surface area contributed by atoms with Gasteiger partial charge in [0.2, 0.25) is 0 Å². The van der Waals surface area contributed by atoms with Crippen molar-refractivity contribution in [1.29, 1.82) is 0 Å². The summed E-state index contributed by atoms with van der Waals surface area (Å²) in [6.45, 7) is 5.54. The highest BCUT2D eigenvalue weighted by Gasteiger charge is 2.18. The smallest absolute Gasteiger partial charge is 0.119 e. The quantitative estimate of drug-likeness (QED) is 0.782. The average Bonchev–Trinajstić information content (AvgIpc) is 3.12. The molecule has 132 valence electrons. The molecule has 2 aromatic carbocycles. The molecule has 1 aliphatic carbocycles. The predicted molar refractivity (Wildman–Crippen MR) is 99.3 cm³/mol. The maximum atomic E-state index is 5.84. The number of ether oxygens (including phenoxy) is 2. The standard InChI is InChI=1S/C22H27NO2/c1-2-5-21-17-23(11-10-19(21)4-1)12-13-24-14-15-25-22-9-8-18-6-3-7-20(18)16-22/h1-2,4-5,8-9,16H,3,6-7,10-15,17H2/p+1. The summed E-state index contributed by atoms with van der Waals surface area (Å²) in [7, 11) is 0. The van der Waals surface area contributed by atoms with Crippen molar-refractivity contribution >= 4 is 0 Å². The van der Waals surface area contributed by atoms with E-state index >= 15 is 0 Å². The van der Waals surface area contributed by atoms with Crippen LogP contribution in [0.25, 0.3) is 0 Å². The molecule has 25 heavy (non-hydrogen) atoms. The van der Waals surface area contributed by atoms with Gasteiger partial charge in [0, 0.05) is 12.0 Å². The summed E-state index contributed by atoms with van der Waals surface area (Å²) in [5.41, 5.74) is 5.99. The van der Waals surface area contributed by atoms with Gasteiger partial charge in [0.25, 0.3) is 0 Å². The van der Waals surface area contributed by atoms with Crippen LogP contribution in [-0.2, 0) is 30.5 Å². The number of aryl methyl sites for hydroxylation is 2. The summed E-state index contributed by atoms with van der Waals surface area (Å²) in [6.07, 6.45) is 4.89. The van der Waals surface area contributed by atoms with Crippen molar-refractivity contribution < 1.29 is 14.4 Å². The zero-order chi connectivity index (χ0) is 16.9. The topological polar surface area (TPSA) is 22.9 Å². The van der Waals surface area contributed by atoms with Gasteiger partial charge in [0.1, 0.15) is 25.4 Å². The molecule has 1 unspecified atom stereocenters. The van der Waals surface area contributed by atoms with Crippen LogP contribution < -0.4 is 9.64 Å². The number of benzene rings is 2. The Labute approximate surface area is 150 Å². The van der Waals surface area contributed by atoms with Gasteiger partial charge in [0.05, 0.1) is 19.8 Å². The first kappa shape index (κ1) is 16.6. The first-order chi connectivity index (χ1) is 12.4. The maximum Gasteiger partial charge on any atom is 0.119 e. The van der Waals surface area contributed by atoms with Crippen LogP contribution >= 0.6 is 0 Å². The summed E-state index contributed by atoms with van der Waals surface area (Å²) in [5, 5.41) is 0. The summed E-state index contributed by atoms with van der Waals surface area (Å²) >= 11 is 0. The number of quaternary nitrogens is 1. The lowest BCUT2D eigenvalue weighted by atomic mass is 10.0. The van der Waals surface area contributed by atoms with E-state index in [0.29, 0.717) is 13.2 Å². The second-order valence-corrected chi connectivity index (χ2v) is 7.19. The zero-order valence-corrected chi connectivity index (χ0v) is 14.9. The third-order valence-corrected chi connectivity index (χ3v) is 5.47. The fraction of sp³-hybridized carbons (Fsp3) is 0.455. The number of hydrogen-bond donors (Lipinski definition) is 1. The Hall–Kier alpha value is -1.84. The molecule has 1 aliphatic heterocycles. The first-order valence-corrected chi connectivity index (χ1v) is 9.61. The number of nitrogens with one attached hydrogen (secondary N) is 1. The van der Waals surface area contributed by atoms with Gasteiger partial charge in [-0.15, -0.1) is 0 Å². The van der Waals surface area contributed by atoms with Crippen LogP contribution in [0.4, 0.5) is 0 Å². The van der Waals surface area contributed by atoms with E-state index in [1.54, 1.807) is 4.90 Å². The minimum atomic E-state index is 0.636. The van der Waals surface area contributed by atoms with E-state index < -0.39 is 0 Å². The number of rotatable bonds is 7. The van der Waals surface area contributed by atoms with Crippen LogP contribution in [0, 0.1) is 0 Å². The molecule has 0 saturated heterocycles. The molecular weight excluding hydrogens is 310 g/mol. The highest BCUT2D eigenvalue weighted by atomic mass is 16.5. The fourth-order valence-electron chi connectivity index (χ4n) is 4.03. The highest BCUT2D eigenvalue weighted by Crippen LogP contribution is 2.25. The first-order valence-electron chi connectivity index (χ1n) is 9.61. The Balaban J connectivity index is 1.13. The van der Waals surface area contributed by atoms with Gasteiger partial charge in [-0.3, -0.25) is 0 Å². The summed E-state index contributed by atoms with van der Waals surface area (Å²) in [4.78, 5) is 1.62. The highest BCUT2D eigenvalue weighted by molar-refractivity contribution is 5.38. The van der Waals surface area contributed by atoms with Crippen molar-refractivity contribution in [3.63, 3.8) is 0 Å². The molecule has 1 heterocycles. The van der Waals surface area contributed by atoms with Crippen molar-refractivity contribution in [2.45, 2.75) is 32.2 Å². The van der Waals surface area contributed by atoms with Crippen LogP contribution in [0.5, 0.6) is 5.75 Å². The second-order valence-electron chi connectivity index (χ2n) is 7.19. The molecule has 0 spiro atoms. The molecule has 4 rings (SSSR count). The van der Waals surface area contributed by atoms with E-state index in [4.69, 9.17) is 9.47 Å². The lowest BCUT2D eigenvalue weighted by molar-refractivity contribution is -0.916. The summed E-state index contributed by atoms with van der Waals surface area (Å²) in [6, 6.07) is 15.3. The Morgan fingerprint density at radius 1 is 0.800 bits per heavy atom. The Morgan fingerprint density at radius 3 is 2.60 bits per heavy atom. The lowest BCUT2D eigenvalue weighted by Gasteiger charge is -2.25. The minimum Gasteiger partial charge on any atom is -0.491 e. The molecule has 1 atom stereocenters. The zero-order valence-electron chi connectivity index (χ0n) is 14.9. The van der Waals surface area contributed by atoms with Gasteiger partial charge in [-0.25, -0.2) is 0 Å². The molecule has 3 heteroatoms. The van der Waals surface area contributed by atoms with Gasteiger partial charge < -0.3 is 14.4 Å². The molecule has 2 aliphatic rings. The predicted octanol–water partition coefficient (Wildman–Crippen LogP) is 2.21. The van der Waals surface area contributed by atoms with Crippen LogP contribution in [0.2, 0.25) is 0 Å². The molecule has 0 saturated carbocycles.